The number of rotatable bonds is 2. The lowest BCUT2D eigenvalue weighted by Gasteiger charge is -2.33. The van der Waals surface area contributed by atoms with Gasteiger partial charge in [0.15, 0.2) is 0 Å². The number of nitrogens with zero attached hydrogens (tertiary/aromatic N) is 2. The fourth-order valence-electron chi connectivity index (χ4n) is 3.98. The minimum atomic E-state index is -0.486. The van der Waals surface area contributed by atoms with Crippen LogP contribution in [0.25, 0.3) is 0 Å². The maximum absolute atomic E-state index is 12.7. The average Bonchev–Trinajstić information content (AvgIpc) is 3.06. The first-order valence-corrected chi connectivity index (χ1v) is 9.99. The molecule has 2 aliphatic rings. The summed E-state index contributed by atoms with van der Waals surface area (Å²) in [4.78, 5) is 16.9. The molecule has 148 valence electrons. The van der Waals surface area contributed by atoms with Crippen LogP contribution in [0, 0.1) is 0 Å². The molecule has 0 N–H and O–H groups in total. The molecule has 0 saturated carbocycles. The summed E-state index contributed by atoms with van der Waals surface area (Å²) in [5.41, 5.74) is 2.85. The van der Waals surface area contributed by atoms with Crippen LogP contribution in [0.15, 0.2) is 48.5 Å². The van der Waals surface area contributed by atoms with E-state index in [1.807, 2.05) is 49.9 Å². The Bertz CT molecular complexity index is 811. The highest BCUT2D eigenvalue weighted by molar-refractivity contribution is 5.74. The van der Waals surface area contributed by atoms with E-state index in [0.29, 0.717) is 6.61 Å². The number of hydrogen-bond acceptors (Lipinski definition) is 4. The van der Waals surface area contributed by atoms with Crippen molar-refractivity contribution in [2.75, 3.05) is 18.0 Å². The first kappa shape index (κ1) is 18.7. The molecular weight excluding hydrogens is 352 g/mol. The Kier molecular flexibility index (Phi) is 4.92. The van der Waals surface area contributed by atoms with Gasteiger partial charge in [-0.05, 0) is 51.8 Å². The fourth-order valence-corrected chi connectivity index (χ4v) is 3.98. The van der Waals surface area contributed by atoms with Crippen molar-refractivity contribution >= 4 is 17.5 Å². The van der Waals surface area contributed by atoms with Gasteiger partial charge in [0.2, 0.25) is 0 Å². The number of amides is 1. The molecule has 0 radical (unpaired) electrons. The lowest BCUT2D eigenvalue weighted by Crippen LogP contribution is -2.44. The third-order valence-electron chi connectivity index (χ3n) is 5.22. The molecule has 5 heteroatoms. The van der Waals surface area contributed by atoms with Crippen LogP contribution < -0.4 is 9.64 Å². The SMILES string of the molecule is CC(C)(C)OC(=O)N1CCCC1CN1c2ccccc2COc2ccccc21. The van der Waals surface area contributed by atoms with Crippen molar-refractivity contribution in [3.05, 3.63) is 54.1 Å². The van der Waals surface area contributed by atoms with Crippen LogP contribution >= 0.6 is 0 Å². The van der Waals surface area contributed by atoms with Crippen LogP contribution in [0.5, 0.6) is 5.75 Å². The number of fused-ring (bicyclic) bond motifs is 2. The van der Waals surface area contributed by atoms with Crippen LogP contribution in [0.1, 0.15) is 39.2 Å². The minimum Gasteiger partial charge on any atom is -0.487 e. The lowest BCUT2D eigenvalue weighted by atomic mass is 10.1. The first-order valence-electron chi connectivity index (χ1n) is 9.99. The highest BCUT2D eigenvalue weighted by Crippen LogP contribution is 2.40. The van der Waals surface area contributed by atoms with Crippen LogP contribution in [0.3, 0.4) is 0 Å². The van der Waals surface area contributed by atoms with Crippen molar-refractivity contribution in [1.82, 2.24) is 4.90 Å². The minimum absolute atomic E-state index is 0.106. The Labute approximate surface area is 166 Å². The van der Waals surface area contributed by atoms with E-state index in [0.717, 1.165) is 48.6 Å². The third-order valence-corrected chi connectivity index (χ3v) is 5.22. The van der Waals surface area contributed by atoms with E-state index in [1.165, 1.54) is 0 Å². The number of likely N-dealkylation sites (tertiary alicyclic amines) is 1. The molecular formula is C23H28N2O3. The Morgan fingerprint density at radius 2 is 1.82 bits per heavy atom. The normalized spacial score (nSPS) is 18.8. The third kappa shape index (κ3) is 3.79. The predicted molar refractivity (Wildman–Crippen MR) is 110 cm³/mol. The molecule has 0 aromatic heterocycles. The van der Waals surface area contributed by atoms with Crippen LogP contribution in [-0.4, -0.2) is 35.7 Å². The summed E-state index contributed by atoms with van der Waals surface area (Å²) in [6.07, 6.45) is 1.75. The molecule has 2 aromatic rings. The zero-order chi connectivity index (χ0) is 19.7. The van der Waals surface area contributed by atoms with Gasteiger partial charge in [0.1, 0.15) is 18.0 Å². The molecule has 28 heavy (non-hydrogen) atoms. The molecule has 1 amide bonds. The molecule has 0 aliphatic carbocycles. The Morgan fingerprint density at radius 1 is 1.11 bits per heavy atom. The summed E-state index contributed by atoms with van der Waals surface area (Å²) in [6, 6.07) is 16.6. The molecule has 1 fully saturated rings. The monoisotopic (exact) mass is 380 g/mol. The van der Waals surface area contributed by atoms with Crippen molar-refractivity contribution < 1.29 is 14.3 Å². The summed E-state index contributed by atoms with van der Waals surface area (Å²) in [7, 11) is 0. The van der Waals surface area contributed by atoms with E-state index in [2.05, 4.69) is 29.2 Å². The van der Waals surface area contributed by atoms with Gasteiger partial charge in [0.05, 0.1) is 11.7 Å². The highest BCUT2D eigenvalue weighted by atomic mass is 16.6. The maximum Gasteiger partial charge on any atom is 0.410 e. The van der Waals surface area contributed by atoms with Crippen molar-refractivity contribution in [3.8, 4) is 5.75 Å². The number of carbonyl (C=O) groups is 1. The summed E-state index contributed by atoms with van der Waals surface area (Å²) in [5.74, 6) is 0.875. The number of benzene rings is 2. The zero-order valence-corrected chi connectivity index (χ0v) is 16.9. The number of hydrogen-bond donors (Lipinski definition) is 0. The van der Waals surface area contributed by atoms with Crippen LogP contribution in [0.2, 0.25) is 0 Å². The molecule has 4 rings (SSSR count). The first-order chi connectivity index (χ1) is 13.4. The van der Waals surface area contributed by atoms with Gasteiger partial charge < -0.3 is 19.3 Å². The van der Waals surface area contributed by atoms with Crippen molar-refractivity contribution in [3.63, 3.8) is 0 Å². The maximum atomic E-state index is 12.7. The second-order valence-electron chi connectivity index (χ2n) is 8.47. The van der Waals surface area contributed by atoms with Crippen LogP contribution in [-0.2, 0) is 11.3 Å². The lowest BCUT2D eigenvalue weighted by molar-refractivity contribution is 0.0232. The van der Waals surface area contributed by atoms with E-state index >= 15 is 0 Å². The van der Waals surface area contributed by atoms with Gasteiger partial charge >= 0.3 is 6.09 Å². The van der Waals surface area contributed by atoms with Crippen molar-refractivity contribution in [2.45, 2.75) is 51.9 Å². The van der Waals surface area contributed by atoms with Gasteiger partial charge in [-0.2, -0.15) is 0 Å². The van der Waals surface area contributed by atoms with E-state index in [-0.39, 0.29) is 12.1 Å². The van der Waals surface area contributed by atoms with E-state index in [1.54, 1.807) is 0 Å². The largest absolute Gasteiger partial charge is 0.487 e. The summed E-state index contributed by atoms with van der Waals surface area (Å²) in [5, 5.41) is 0. The smallest absolute Gasteiger partial charge is 0.410 e. The number of para-hydroxylation sites is 3. The standard InChI is InChI=1S/C23H28N2O3/c1-23(2,3)28-22(26)24-14-8-10-18(24)15-25-19-11-5-4-9-17(19)16-27-21-13-7-6-12-20(21)25/h4-7,9,11-13,18H,8,10,14-16H2,1-3H3. The predicted octanol–water partition coefficient (Wildman–Crippen LogP) is 5.12. The number of anilines is 2. The Hall–Kier alpha value is -2.69. The van der Waals surface area contributed by atoms with Crippen molar-refractivity contribution in [2.24, 2.45) is 0 Å². The molecule has 2 heterocycles. The van der Waals surface area contributed by atoms with E-state index in [9.17, 15) is 4.79 Å². The number of carbonyl (C=O) groups excluding carboxylic acids is 1. The van der Waals surface area contributed by atoms with E-state index < -0.39 is 5.60 Å². The second-order valence-corrected chi connectivity index (χ2v) is 8.47. The van der Waals surface area contributed by atoms with Gasteiger partial charge in [-0.15, -0.1) is 0 Å². The Morgan fingerprint density at radius 3 is 2.61 bits per heavy atom. The molecule has 1 unspecified atom stereocenters. The quantitative estimate of drug-likeness (QED) is 0.725. The van der Waals surface area contributed by atoms with Gasteiger partial charge in [0.25, 0.3) is 0 Å². The summed E-state index contributed by atoms with van der Waals surface area (Å²) in [6.45, 7) is 7.74. The summed E-state index contributed by atoms with van der Waals surface area (Å²) < 4.78 is 11.7. The van der Waals surface area contributed by atoms with Crippen LogP contribution in [0.4, 0.5) is 16.2 Å². The molecule has 1 saturated heterocycles. The molecule has 0 spiro atoms. The molecule has 0 bridgehead atoms. The van der Waals surface area contributed by atoms with Gasteiger partial charge in [-0.25, -0.2) is 4.79 Å². The zero-order valence-electron chi connectivity index (χ0n) is 16.9. The summed E-state index contributed by atoms with van der Waals surface area (Å²) >= 11 is 0. The fraction of sp³-hybridized carbons (Fsp3) is 0.435. The number of ether oxygens (including phenoxy) is 2. The van der Waals surface area contributed by atoms with E-state index in [4.69, 9.17) is 9.47 Å². The average molecular weight is 380 g/mol. The van der Waals surface area contributed by atoms with Crippen molar-refractivity contribution in [1.29, 1.82) is 0 Å². The van der Waals surface area contributed by atoms with Gasteiger partial charge in [0, 0.05) is 24.3 Å². The molecule has 2 aliphatic heterocycles. The second kappa shape index (κ2) is 7.38. The Balaban J connectivity index is 1.64. The highest BCUT2D eigenvalue weighted by Gasteiger charge is 2.34. The van der Waals surface area contributed by atoms with Gasteiger partial charge in [-0.1, -0.05) is 30.3 Å². The molecule has 1 atom stereocenters. The molecule has 2 aromatic carbocycles. The molecule has 5 nitrogen and oxygen atoms in total. The topological polar surface area (TPSA) is 42.0 Å². The van der Waals surface area contributed by atoms with Gasteiger partial charge in [-0.3, -0.25) is 0 Å².